The maximum atomic E-state index is 14.6. The van der Waals surface area contributed by atoms with Crippen LogP contribution in [0.3, 0.4) is 0 Å². The van der Waals surface area contributed by atoms with Crippen molar-refractivity contribution >= 4 is 50.7 Å². The van der Waals surface area contributed by atoms with Crippen LogP contribution < -0.4 is 14.4 Å². The van der Waals surface area contributed by atoms with Crippen LogP contribution in [-0.4, -0.2) is 50.9 Å². The molecule has 0 bridgehead atoms. The molecule has 0 heterocycles. The van der Waals surface area contributed by atoms with Crippen LogP contribution in [0.15, 0.2) is 102 Å². The summed E-state index contributed by atoms with van der Waals surface area (Å²) in [4.78, 5) is 29.8. The molecule has 0 radical (unpaired) electrons. The predicted octanol–water partition coefficient (Wildman–Crippen LogP) is 6.67. The predicted molar refractivity (Wildman–Crippen MR) is 183 cm³/mol. The number of carbonyl (C=O) groups excluding carboxylic acids is 2. The number of nitrogens with one attached hydrogen (secondary N) is 1. The van der Waals surface area contributed by atoms with E-state index in [0.29, 0.717) is 21.4 Å². The molecule has 0 saturated heterocycles. The Morgan fingerprint density at radius 2 is 1.50 bits per heavy atom. The summed E-state index contributed by atoms with van der Waals surface area (Å²) in [6.07, 6.45) is 0.164. The number of hydrogen-bond acceptors (Lipinski definition) is 5. The van der Waals surface area contributed by atoms with Gasteiger partial charge in [0.1, 0.15) is 18.3 Å². The number of aryl methyl sites for hydroxylation is 1. The molecule has 11 heteroatoms. The second-order valence-corrected chi connectivity index (χ2v) is 13.8. The van der Waals surface area contributed by atoms with E-state index in [0.717, 1.165) is 15.4 Å². The minimum atomic E-state index is -4.26. The van der Waals surface area contributed by atoms with Crippen LogP contribution in [0.25, 0.3) is 0 Å². The van der Waals surface area contributed by atoms with E-state index < -0.39 is 34.4 Å². The molecular weight excluding hydrogens is 645 g/mol. The smallest absolute Gasteiger partial charge is 0.264 e. The molecular formula is C35H37Cl2N3O5S. The number of benzene rings is 4. The monoisotopic (exact) mass is 681 g/mol. The molecule has 242 valence electrons. The van der Waals surface area contributed by atoms with Gasteiger partial charge in [0.25, 0.3) is 10.0 Å². The van der Waals surface area contributed by atoms with Crippen molar-refractivity contribution in [2.24, 2.45) is 0 Å². The van der Waals surface area contributed by atoms with E-state index in [2.05, 4.69) is 5.32 Å². The molecule has 0 spiro atoms. The van der Waals surface area contributed by atoms with Gasteiger partial charge < -0.3 is 15.0 Å². The van der Waals surface area contributed by atoms with E-state index >= 15 is 0 Å². The van der Waals surface area contributed by atoms with Crippen LogP contribution in [0.5, 0.6) is 5.75 Å². The fourth-order valence-electron chi connectivity index (χ4n) is 4.92. The zero-order valence-electron chi connectivity index (χ0n) is 26.1. The molecule has 0 aromatic heterocycles. The molecule has 1 N–H and O–H groups in total. The maximum absolute atomic E-state index is 14.6. The number of ether oxygens (including phenoxy) is 1. The number of hydrogen-bond donors (Lipinski definition) is 1. The number of amides is 2. The van der Waals surface area contributed by atoms with Gasteiger partial charge in [-0.3, -0.25) is 13.9 Å². The van der Waals surface area contributed by atoms with Crippen LogP contribution in [0.4, 0.5) is 5.69 Å². The minimum absolute atomic E-state index is 0.00723. The van der Waals surface area contributed by atoms with Gasteiger partial charge in [-0.2, -0.15) is 0 Å². The third-order valence-corrected chi connectivity index (χ3v) is 9.82. The SMILES string of the molecule is COc1cccc(N(CC(=O)N(Cc2c(Cl)cccc2Cl)[C@H](Cc2ccccc2)C(=O)NC(C)C)S(=O)(=O)c2ccc(C)cc2)c1. The molecule has 46 heavy (non-hydrogen) atoms. The zero-order valence-corrected chi connectivity index (χ0v) is 28.4. The van der Waals surface area contributed by atoms with Crippen molar-refractivity contribution in [2.75, 3.05) is 18.0 Å². The van der Waals surface area contributed by atoms with E-state index in [-0.39, 0.29) is 29.6 Å². The first kappa shape index (κ1) is 34.8. The highest BCUT2D eigenvalue weighted by Crippen LogP contribution is 2.30. The summed E-state index contributed by atoms with van der Waals surface area (Å²) in [5.74, 6) is -0.619. The normalized spacial score (nSPS) is 12.0. The number of halogens is 2. The average molecular weight is 683 g/mol. The Labute approximate surface area is 280 Å². The van der Waals surface area contributed by atoms with Gasteiger partial charge in [-0.05, 0) is 62.7 Å². The molecule has 4 aromatic rings. The number of carbonyl (C=O) groups is 2. The van der Waals surface area contributed by atoms with Gasteiger partial charge in [-0.25, -0.2) is 8.42 Å². The summed E-state index contributed by atoms with van der Waals surface area (Å²) >= 11 is 13.1. The lowest BCUT2D eigenvalue weighted by Gasteiger charge is -2.34. The second kappa shape index (κ2) is 15.5. The molecule has 0 aliphatic rings. The summed E-state index contributed by atoms with van der Waals surface area (Å²) in [6, 6.07) is 25.9. The van der Waals surface area contributed by atoms with E-state index in [9.17, 15) is 18.0 Å². The summed E-state index contributed by atoms with van der Waals surface area (Å²) in [7, 11) is -2.79. The van der Waals surface area contributed by atoms with Gasteiger partial charge in [-0.15, -0.1) is 0 Å². The van der Waals surface area contributed by atoms with Gasteiger partial charge in [0, 0.05) is 40.7 Å². The highest BCUT2D eigenvalue weighted by atomic mass is 35.5. The molecule has 0 aliphatic carbocycles. The fraction of sp³-hybridized carbons (Fsp3) is 0.257. The van der Waals surface area contributed by atoms with Crippen molar-refractivity contribution in [1.29, 1.82) is 0 Å². The molecule has 4 rings (SSSR count). The van der Waals surface area contributed by atoms with E-state index in [1.54, 1.807) is 54.6 Å². The fourth-order valence-corrected chi connectivity index (χ4v) is 6.84. The van der Waals surface area contributed by atoms with Crippen molar-refractivity contribution in [3.05, 3.63) is 124 Å². The molecule has 4 aromatic carbocycles. The Morgan fingerprint density at radius 3 is 2.11 bits per heavy atom. The number of anilines is 1. The third kappa shape index (κ3) is 8.60. The van der Waals surface area contributed by atoms with Crippen LogP contribution >= 0.6 is 23.2 Å². The highest BCUT2D eigenvalue weighted by molar-refractivity contribution is 7.92. The van der Waals surface area contributed by atoms with E-state index in [4.69, 9.17) is 27.9 Å². The lowest BCUT2D eigenvalue weighted by molar-refractivity contribution is -0.140. The van der Waals surface area contributed by atoms with Crippen LogP contribution in [0, 0.1) is 6.92 Å². The quantitative estimate of drug-likeness (QED) is 0.170. The number of sulfonamides is 1. The third-order valence-electron chi connectivity index (χ3n) is 7.32. The van der Waals surface area contributed by atoms with Crippen molar-refractivity contribution in [3.63, 3.8) is 0 Å². The maximum Gasteiger partial charge on any atom is 0.264 e. The first-order valence-electron chi connectivity index (χ1n) is 14.7. The summed E-state index contributed by atoms with van der Waals surface area (Å²) in [5.41, 5.74) is 2.34. The van der Waals surface area contributed by atoms with Gasteiger partial charge in [0.15, 0.2) is 0 Å². The first-order valence-corrected chi connectivity index (χ1v) is 16.9. The van der Waals surface area contributed by atoms with Gasteiger partial charge in [-0.1, -0.05) is 83.4 Å². The van der Waals surface area contributed by atoms with Crippen molar-refractivity contribution < 1.29 is 22.7 Å². The Hall–Kier alpha value is -4.05. The van der Waals surface area contributed by atoms with Crippen molar-refractivity contribution in [1.82, 2.24) is 10.2 Å². The lowest BCUT2D eigenvalue weighted by atomic mass is 10.0. The lowest BCUT2D eigenvalue weighted by Crippen LogP contribution is -2.54. The molecule has 0 fully saturated rings. The molecule has 0 aliphatic heterocycles. The van der Waals surface area contributed by atoms with Crippen LogP contribution in [-0.2, 0) is 32.6 Å². The van der Waals surface area contributed by atoms with Gasteiger partial charge in [0.05, 0.1) is 17.7 Å². The first-order chi connectivity index (χ1) is 21.9. The Balaban J connectivity index is 1.85. The number of rotatable bonds is 13. The van der Waals surface area contributed by atoms with Gasteiger partial charge in [0.2, 0.25) is 11.8 Å². The molecule has 1 atom stereocenters. The molecule has 8 nitrogen and oxygen atoms in total. The van der Waals surface area contributed by atoms with Crippen molar-refractivity contribution in [2.45, 2.75) is 50.7 Å². The second-order valence-electron chi connectivity index (χ2n) is 11.1. The Kier molecular flexibility index (Phi) is 11.7. The standard InChI is InChI=1S/C35H37Cl2N3O5S/c1-24(2)38-35(42)33(20-26-10-6-5-7-11-26)39(22-30-31(36)14-9-15-32(30)37)34(41)23-40(27-12-8-13-28(21-27)45-4)46(43,44)29-18-16-25(3)17-19-29/h5-19,21,24,33H,20,22-23H2,1-4H3,(H,38,42)/t33-/m1/s1. The van der Waals surface area contributed by atoms with E-state index in [1.807, 2.05) is 51.1 Å². The zero-order chi connectivity index (χ0) is 33.4. The van der Waals surface area contributed by atoms with Gasteiger partial charge >= 0.3 is 0 Å². The molecule has 0 saturated carbocycles. The Bertz CT molecular complexity index is 1750. The summed E-state index contributed by atoms with van der Waals surface area (Å²) in [6.45, 7) is 4.75. The van der Waals surface area contributed by atoms with Crippen LogP contribution in [0.2, 0.25) is 10.0 Å². The van der Waals surface area contributed by atoms with Crippen molar-refractivity contribution in [3.8, 4) is 5.75 Å². The topological polar surface area (TPSA) is 96.0 Å². The van der Waals surface area contributed by atoms with E-state index in [1.165, 1.54) is 24.1 Å². The largest absolute Gasteiger partial charge is 0.497 e. The van der Waals surface area contributed by atoms with Crippen LogP contribution in [0.1, 0.15) is 30.5 Å². The highest BCUT2D eigenvalue weighted by Gasteiger charge is 2.35. The molecule has 0 unspecified atom stereocenters. The Morgan fingerprint density at radius 1 is 0.870 bits per heavy atom. The molecule has 2 amide bonds. The number of nitrogens with zero attached hydrogens (tertiary/aromatic N) is 2. The summed E-state index contributed by atoms with van der Waals surface area (Å²) in [5, 5.41) is 3.55. The minimum Gasteiger partial charge on any atom is -0.497 e. The summed E-state index contributed by atoms with van der Waals surface area (Å²) < 4.78 is 34.8. The number of methoxy groups -OCH3 is 1. The average Bonchev–Trinajstić information content (AvgIpc) is 3.03.